The van der Waals surface area contributed by atoms with Crippen LogP contribution in [0.1, 0.15) is 27.7 Å². The van der Waals surface area contributed by atoms with Gasteiger partial charge in [0.15, 0.2) is 0 Å². The van der Waals surface area contributed by atoms with Crippen molar-refractivity contribution in [1.29, 1.82) is 0 Å². The zero-order valence-corrected chi connectivity index (χ0v) is 16.7. The van der Waals surface area contributed by atoms with E-state index in [0.717, 1.165) is 33.5 Å². The van der Waals surface area contributed by atoms with Crippen LogP contribution in [0.2, 0.25) is 0 Å². The van der Waals surface area contributed by atoms with E-state index in [0.29, 0.717) is 19.7 Å². The van der Waals surface area contributed by atoms with E-state index in [4.69, 9.17) is 4.74 Å². The van der Waals surface area contributed by atoms with Crippen LogP contribution in [0.15, 0.2) is 72.9 Å². The van der Waals surface area contributed by atoms with Gasteiger partial charge in [-0.15, -0.1) is 5.10 Å². The average molecular weight is 398 g/mol. The van der Waals surface area contributed by atoms with Crippen molar-refractivity contribution in [3.63, 3.8) is 0 Å². The second kappa shape index (κ2) is 7.72. The molecule has 0 unspecified atom stereocenters. The molecule has 5 rings (SSSR count). The van der Waals surface area contributed by atoms with Gasteiger partial charge in [-0.2, -0.15) is 0 Å². The van der Waals surface area contributed by atoms with Crippen LogP contribution < -0.4 is 0 Å². The van der Waals surface area contributed by atoms with Gasteiger partial charge in [0.05, 0.1) is 18.7 Å². The Kier molecular flexibility index (Phi) is 4.77. The van der Waals surface area contributed by atoms with Crippen molar-refractivity contribution in [3.05, 3.63) is 89.7 Å². The maximum Gasteiger partial charge on any atom is 0.254 e. The fourth-order valence-corrected chi connectivity index (χ4v) is 3.93. The summed E-state index contributed by atoms with van der Waals surface area (Å²) in [7, 11) is 0. The highest BCUT2D eigenvalue weighted by molar-refractivity contribution is 5.95. The molecule has 1 saturated heterocycles. The van der Waals surface area contributed by atoms with Crippen LogP contribution in [-0.2, 0) is 4.74 Å². The SMILES string of the molecule is Cc1ccccc1C(=O)N1CCO[C@@H](c2nnn3cc(-c4ccccc4)ccc23)C1. The Balaban J connectivity index is 1.41. The second-order valence-electron chi connectivity index (χ2n) is 7.51. The van der Waals surface area contributed by atoms with Gasteiger partial charge in [0, 0.05) is 23.9 Å². The number of aryl methyl sites for hydroxylation is 1. The number of rotatable bonds is 3. The van der Waals surface area contributed by atoms with Crippen molar-refractivity contribution < 1.29 is 9.53 Å². The minimum atomic E-state index is -0.299. The number of fused-ring (bicyclic) bond motifs is 1. The van der Waals surface area contributed by atoms with Gasteiger partial charge in [0.2, 0.25) is 0 Å². The summed E-state index contributed by atoms with van der Waals surface area (Å²) >= 11 is 0. The first-order valence-electron chi connectivity index (χ1n) is 10.1. The highest BCUT2D eigenvalue weighted by Crippen LogP contribution is 2.27. The number of carbonyl (C=O) groups is 1. The van der Waals surface area contributed by atoms with Crippen LogP contribution in [0, 0.1) is 6.92 Å². The standard InChI is InChI=1S/C24H22N4O2/c1-17-7-5-6-10-20(17)24(29)27-13-14-30-22(16-27)23-21-12-11-19(15-28(21)26-25-23)18-8-3-2-4-9-18/h2-12,15,22H,13-14,16H2,1H3/t22-/m1/s1. The highest BCUT2D eigenvalue weighted by atomic mass is 16.5. The zero-order valence-electron chi connectivity index (χ0n) is 16.7. The molecule has 0 saturated carbocycles. The lowest BCUT2D eigenvalue weighted by atomic mass is 10.1. The van der Waals surface area contributed by atoms with Gasteiger partial charge < -0.3 is 9.64 Å². The molecular weight excluding hydrogens is 376 g/mol. The van der Waals surface area contributed by atoms with Gasteiger partial charge >= 0.3 is 0 Å². The van der Waals surface area contributed by atoms with Gasteiger partial charge in [-0.05, 0) is 30.2 Å². The van der Waals surface area contributed by atoms with Gasteiger partial charge in [-0.3, -0.25) is 4.79 Å². The molecule has 2 aromatic carbocycles. The molecule has 150 valence electrons. The lowest BCUT2D eigenvalue weighted by molar-refractivity contribution is -0.0241. The van der Waals surface area contributed by atoms with E-state index in [-0.39, 0.29) is 12.0 Å². The molecule has 6 nitrogen and oxygen atoms in total. The molecule has 1 fully saturated rings. The number of pyridine rings is 1. The Labute approximate surface area is 174 Å². The van der Waals surface area contributed by atoms with Crippen LogP contribution in [0.4, 0.5) is 0 Å². The van der Waals surface area contributed by atoms with Crippen LogP contribution in [0.3, 0.4) is 0 Å². The minimum Gasteiger partial charge on any atom is -0.368 e. The largest absolute Gasteiger partial charge is 0.368 e. The topological polar surface area (TPSA) is 59.7 Å². The van der Waals surface area contributed by atoms with Crippen LogP contribution in [0.25, 0.3) is 16.6 Å². The molecule has 6 heteroatoms. The number of morpholine rings is 1. The predicted molar refractivity (Wildman–Crippen MR) is 114 cm³/mol. The van der Waals surface area contributed by atoms with Crippen molar-refractivity contribution >= 4 is 11.4 Å². The van der Waals surface area contributed by atoms with Crippen molar-refractivity contribution in [1.82, 2.24) is 19.7 Å². The van der Waals surface area contributed by atoms with E-state index in [2.05, 4.69) is 28.5 Å². The molecular formula is C24H22N4O2. The number of amides is 1. The minimum absolute atomic E-state index is 0.0317. The zero-order chi connectivity index (χ0) is 20.5. The first-order valence-corrected chi connectivity index (χ1v) is 10.1. The number of benzene rings is 2. The first-order chi connectivity index (χ1) is 14.7. The smallest absolute Gasteiger partial charge is 0.254 e. The van der Waals surface area contributed by atoms with Crippen molar-refractivity contribution in [2.45, 2.75) is 13.0 Å². The van der Waals surface area contributed by atoms with Crippen molar-refractivity contribution in [3.8, 4) is 11.1 Å². The normalized spacial score (nSPS) is 16.7. The van der Waals surface area contributed by atoms with E-state index in [1.54, 1.807) is 4.52 Å². The Hall–Kier alpha value is -3.51. The highest BCUT2D eigenvalue weighted by Gasteiger charge is 2.29. The quantitative estimate of drug-likeness (QED) is 0.525. The van der Waals surface area contributed by atoms with Crippen molar-refractivity contribution in [2.75, 3.05) is 19.7 Å². The molecule has 1 aliphatic heterocycles. The summed E-state index contributed by atoms with van der Waals surface area (Å²) in [6.07, 6.45) is 1.67. The van der Waals surface area contributed by atoms with Gasteiger partial charge in [0.1, 0.15) is 11.8 Å². The number of carbonyl (C=O) groups excluding carboxylic acids is 1. The van der Waals surface area contributed by atoms with Gasteiger partial charge in [-0.1, -0.05) is 59.8 Å². The van der Waals surface area contributed by atoms with E-state index in [1.807, 2.05) is 66.6 Å². The third-order valence-electron chi connectivity index (χ3n) is 5.58. The van der Waals surface area contributed by atoms with Crippen LogP contribution in [-0.4, -0.2) is 45.3 Å². The van der Waals surface area contributed by atoms with Crippen LogP contribution in [0.5, 0.6) is 0 Å². The maximum absolute atomic E-state index is 13.0. The van der Waals surface area contributed by atoms with E-state index >= 15 is 0 Å². The molecule has 4 aromatic rings. The molecule has 0 N–H and O–H groups in total. The van der Waals surface area contributed by atoms with E-state index < -0.39 is 0 Å². The second-order valence-corrected chi connectivity index (χ2v) is 7.51. The molecule has 0 aliphatic carbocycles. The summed E-state index contributed by atoms with van der Waals surface area (Å²) in [5.74, 6) is 0.0317. The molecule has 1 amide bonds. The fraction of sp³-hybridized carbons (Fsp3) is 0.208. The number of hydrogen-bond acceptors (Lipinski definition) is 4. The predicted octanol–water partition coefficient (Wildman–Crippen LogP) is 3.92. The third kappa shape index (κ3) is 3.35. The summed E-state index contributed by atoms with van der Waals surface area (Å²) in [5, 5.41) is 8.69. The number of hydrogen-bond donors (Lipinski definition) is 0. The van der Waals surface area contributed by atoms with Crippen molar-refractivity contribution in [2.24, 2.45) is 0 Å². The number of nitrogens with zero attached hydrogens (tertiary/aromatic N) is 4. The monoisotopic (exact) mass is 398 g/mol. The Morgan fingerprint density at radius 3 is 2.63 bits per heavy atom. The van der Waals surface area contributed by atoms with Gasteiger partial charge in [0.25, 0.3) is 5.91 Å². The Bertz CT molecular complexity index is 1200. The molecule has 0 bridgehead atoms. The molecule has 0 radical (unpaired) electrons. The van der Waals surface area contributed by atoms with E-state index in [1.165, 1.54) is 0 Å². The summed E-state index contributed by atoms with van der Waals surface area (Å²) in [5.41, 5.74) is 5.56. The summed E-state index contributed by atoms with van der Waals surface area (Å²) < 4.78 is 7.76. The fourth-order valence-electron chi connectivity index (χ4n) is 3.93. The summed E-state index contributed by atoms with van der Waals surface area (Å²) in [6, 6.07) is 21.9. The lowest BCUT2D eigenvalue weighted by Gasteiger charge is -2.32. The van der Waals surface area contributed by atoms with E-state index in [9.17, 15) is 4.79 Å². The average Bonchev–Trinajstić information content (AvgIpc) is 3.23. The summed E-state index contributed by atoms with van der Waals surface area (Å²) in [6.45, 7) is 3.47. The Morgan fingerprint density at radius 2 is 1.80 bits per heavy atom. The molecule has 1 aliphatic rings. The lowest BCUT2D eigenvalue weighted by Crippen LogP contribution is -2.42. The molecule has 1 atom stereocenters. The molecule has 3 heterocycles. The Morgan fingerprint density at radius 1 is 1.00 bits per heavy atom. The molecule has 30 heavy (non-hydrogen) atoms. The number of aromatic nitrogens is 3. The summed E-state index contributed by atoms with van der Waals surface area (Å²) in [4.78, 5) is 14.9. The van der Waals surface area contributed by atoms with Gasteiger partial charge in [-0.25, -0.2) is 4.52 Å². The third-order valence-corrected chi connectivity index (χ3v) is 5.58. The molecule has 2 aromatic heterocycles. The first kappa shape index (κ1) is 18.5. The maximum atomic E-state index is 13.0. The van der Waals surface area contributed by atoms with Crippen LogP contribution >= 0.6 is 0 Å². The molecule has 0 spiro atoms. The number of ether oxygens (including phenoxy) is 1.